The van der Waals surface area contributed by atoms with Crippen LogP contribution >= 0.6 is 0 Å². The van der Waals surface area contributed by atoms with E-state index in [0.29, 0.717) is 5.92 Å². The summed E-state index contributed by atoms with van der Waals surface area (Å²) >= 11 is 0. The highest BCUT2D eigenvalue weighted by molar-refractivity contribution is 5.17. The summed E-state index contributed by atoms with van der Waals surface area (Å²) in [5.74, 6) is 0.350. The molecule has 1 fully saturated rings. The molecule has 1 unspecified atom stereocenters. The third-order valence-corrected chi connectivity index (χ3v) is 2.41. The first-order chi connectivity index (χ1) is 4.66. The summed E-state index contributed by atoms with van der Waals surface area (Å²) < 4.78 is 0. The standard InChI is InChI=1S/C8H14O2/c1-6(2)7-3-8(7,4-9)5-10/h7,9-10H,1,3-5H2,2H3. The highest BCUT2D eigenvalue weighted by Gasteiger charge is 2.53. The molecule has 2 nitrogen and oxygen atoms in total. The van der Waals surface area contributed by atoms with Crippen molar-refractivity contribution in [2.45, 2.75) is 13.3 Å². The fourth-order valence-electron chi connectivity index (χ4n) is 1.44. The monoisotopic (exact) mass is 142 g/mol. The molecule has 1 aliphatic rings. The van der Waals surface area contributed by atoms with Crippen LogP contribution in [0, 0.1) is 11.3 Å². The van der Waals surface area contributed by atoms with E-state index in [2.05, 4.69) is 6.58 Å². The molecule has 1 saturated carbocycles. The van der Waals surface area contributed by atoms with Crippen molar-refractivity contribution in [2.75, 3.05) is 13.2 Å². The second-order valence-corrected chi connectivity index (χ2v) is 3.28. The molecule has 2 heteroatoms. The zero-order chi connectivity index (χ0) is 7.78. The number of hydrogen-bond donors (Lipinski definition) is 2. The van der Waals surface area contributed by atoms with Crippen molar-refractivity contribution in [3.8, 4) is 0 Å². The van der Waals surface area contributed by atoms with E-state index in [1.165, 1.54) is 0 Å². The Kier molecular flexibility index (Phi) is 1.84. The van der Waals surface area contributed by atoms with Crippen LogP contribution in [0.1, 0.15) is 13.3 Å². The average Bonchev–Trinajstić information content (AvgIpc) is 2.63. The van der Waals surface area contributed by atoms with Gasteiger partial charge in [0.05, 0.1) is 13.2 Å². The molecular formula is C8H14O2. The summed E-state index contributed by atoms with van der Waals surface area (Å²) in [5.41, 5.74) is 0.856. The van der Waals surface area contributed by atoms with Crippen molar-refractivity contribution in [2.24, 2.45) is 11.3 Å². The minimum atomic E-state index is -0.216. The fourth-order valence-corrected chi connectivity index (χ4v) is 1.44. The minimum Gasteiger partial charge on any atom is -0.396 e. The lowest BCUT2D eigenvalue weighted by atomic mass is 10.0. The average molecular weight is 142 g/mol. The van der Waals surface area contributed by atoms with Crippen LogP contribution in [-0.4, -0.2) is 23.4 Å². The Morgan fingerprint density at radius 1 is 1.60 bits per heavy atom. The molecule has 1 aliphatic carbocycles. The minimum absolute atomic E-state index is 0.0844. The van der Waals surface area contributed by atoms with Gasteiger partial charge >= 0.3 is 0 Å². The molecule has 0 heterocycles. The molecule has 0 bridgehead atoms. The zero-order valence-corrected chi connectivity index (χ0v) is 6.30. The van der Waals surface area contributed by atoms with E-state index in [1.807, 2.05) is 6.92 Å². The van der Waals surface area contributed by atoms with E-state index in [4.69, 9.17) is 10.2 Å². The van der Waals surface area contributed by atoms with E-state index in [1.54, 1.807) is 0 Å². The van der Waals surface area contributed by atoms with Crippen molar-refractivity contribution in [3.05, 3.63) is 12.2 Å². The fraction of sp³-hybridized carbons (Fsp3) is 0.750. The van der Waals surface area contributed by atoms with Crippen LogP contribution in [0.25, 0.3) is 0 Å². The number of hydrogen-bond acceptors (Lipinski definition) is 2. The van der Waals surface area contributed by atoms with Crippen molar-refractivity contribution >= 4 is 0 Å². The SMILES string of the molecule is C=C(C)C1CC1(CO)CO. The molecule has 0 aromatic heterocycles. The van der Waals surface area contributed by atoms with E-state index in [9.17, 15) is 0 Å². The largest absolute Gasteiger partial charge is 0.396 e. The van der Waals surface area contributed by atoms with Gasteiger partial charge in [-0.2, -0.15) is 0 Å². The van der Waals surface area contributed by atoms with Crippen LogP contribution in [0.15, 0.2) is 12.2 Å². The zero-order valence-electron chi connectivity index (χ0n) is 6.30. The Morgan fingerprint density at radius 3 is 2.20 bits per heavy atom. The molecule has 2 N–H and O–H groups in total. The van der Waals surface area contributed by atoms with Crippen molar-refractivity contribution in [1.29, 1.82) is 0 Å². The third kappa shape index (κ3) is 0.976. The molecule has 58 valence electrons. The van der Waals surface area contributed by atoms with Crippen LogP contribution < -0.4 is 0 Å². The van der Waals surface area contributed by atoms with Gasteiger partial charge in [0.25, 0.3) is 0 Å². The Morgan fingerprint density at radius 2 is 2.10 bits per heavy atom. The molecule has 1 atom stereocenters. The third-order valence-electron chi connectivity index (χ3n) is 2.41. The normalized spacial score (nSPS) is 28.1. The van der Waals surface area contributed by atoms with E-state index < -0.39 is 0 Å². The highest BCUT2D eigenvalue weighted by Crippen LogP contribution is 2.55. The predicted molar refractivity (Wildman–Crippen MR) is 39.5 cm³/mol. The lowest BCUT2D eigenvalue weighted by molar-refractivity contribution is 0.125. The van der Waals surface area contributed by atoms with Crippen LogP contribution in [0.5, 0.6) is 0 Å². The van der Waals surface area contributed by atoms with Gasteiger partial charge in [-0.05, 0) is 19.3 Å². The Hall–Kier alpha value is -0.340. The Labute approximate surface area is 61.2 Å². The topological polar surface area (TPSA) is 40.5 Å². The summed E-state index contributed by atoms with van der Waals surface area (Å²) in [7, 11) is 0. The van der Waals surface area contributed by atoms with Crippen LogP contribution in [0.4, 0.5) is 0 Å². The molecule has 0 spiro atoms. The first-order valence-corrected chi connectivity index (χ1v) is 3.53. The lowest BCUT2D eigenvalue weighted by Crippen LogP contribution is -2.15. The second kappa shape index (κ2) is 2.36. The molecule has 0 aromatic carbocycles. The van der Waals surface area contributed by atoms with Gasteiger partial charge < -0.3 is 10.2 Å². The molecule has 0 amide bonds. The van der Waals surface area contributed by atoms with E-state index in [0.717, 1.165) is 12.0 Å². The maximum Gasteiger partial charge on any atom is 0.0515 e. The second-order valence-electron chi connectivity index (χ2n) is 3.28. The van der Waals surface area contributed by atoms with Gasteiger partial charge in [0.15, 0.2) is 0 Å². The van der Waals surface area contributed by atoms with Gasteiger partial charge in [-0.3, -0.25) is 0 Å². The first-order valence-electron chi connectivity index (χ1n) is 3.53. The Bertz CT molecular complexity index is 147. The van der Waals surface area contributed by atoms with Gasteiger partial charge in [0.2, 0.25) is 0 Å². The highest BCUT2D eigenvalue weighted by atomic mass is 16.3. The number of aliphatic hydroxyl groups is 2. The molecular weight excluding hydrogens is 128 g/mol. The Balaban J connectivity index is 2.53. The molecule has 0 aliphatic heterocycles. The molecule has 0 aromatic rings. The number of allylic oxidation sites excluding steroid dienone is 1. The smallest absolute Gasteiger partial charge is 0.0515 e. The van der Waals surface area contributed by atoms with E-state index in [-0.39, 0.29) is 18.6 Å². The summed E-state index contributed by atoms with van der Waals surface area (Å²) in [4.78, 5) is 0. The number of rotatable bonds is 3. The van der Waals surface area contributed by atoms with Gasteiger partial charge in [-0.15, -0.1) is 0 Å². The van der Waals surface area contributed by atoms with Crippen molar-refractivity contribution in [1.82, 2.24) is 0 Å². The first kappa shape index (κ1) is 7.76. The maximum absolute atomic E-state index is 8.87. The molecule has 0 radical (unpaired) electrons. The lowest BCUT2D eigenvalue weighted by Gasteiger charge is -2.08. The summed E-state index contributed by atoms with van der Waals surface area (Å²) in [6, 6.07) is 0. The molecule has 1 rings (SSSR count). The van der Waals surface area contributed by atoms with Crippen LogP contribution in [0.3, 0.4) is 0 Å². The molecule has 10 heavy (non-hydrogen) atoms. The van der Waals surface area contributed by atoms with Crippen molar-refractivity contribution < 1.29 is 10.2 Å². The van der Waals surface area contributed by atoms with Gasteiger partial charge in [-0.1, -0.05) is 12.2 Å². The van der Waals surface area contributed by atoms with E-state index >= 15 is 0 Å². The summed E-state index contributed by atoms with van der Waals surface area (Å²) in [5, 5.41) is 17.7. The van der Waals surface area contributed by atoms with Crippen LogP contribution in [-0.2, 0) is 0 Å². The predicted octanol–water partition coefficient (Wildman–Crippen LogP) is 0.553. The number of aliphatic hydroxyl groups excluding tert-OH is 2. The quantitative estimate of drug-likeness (QED) is 0.565. The molecule has 0 saturated heterocycles. The summed E-state index contributed by atoms with van der Waals surface area (Å²) in [6.45, 7) is 5.90. The van der Waals surface area contributed by atoms with Gasteiger partial charge in [-0.25, -0.2) is 0 Å². The van der Waals surface area contributed by atoms with Gasteiger partial charge in [0, 0.05) is 5.41 Å². The van der Waals surface area contributed by atoms with Crippen LogP contribution in [0.2, 0.25) is 0 Å². The maximum atomic E-state index is 8.87. The van der Waals surface area contributed by atoms with Crippen molar-refractivity contribution in [3.63, 3.8) is 0 Å². The summed E-state index contributed by atoms with van der Waals surface area (Å²) in [6.07, 6.45) is 0.898. The van der Waals surface area contributed by atoms with Gasteiger partial charge in [0.1, 0.15) is 0 Å².